The van der Waals surface area contributed by atoms with Crippen LogP contribution in [0.15, 0.2) is 54.6 Å². The van der Waals surface area contributed by atoms with Crippen LogP contribution in [0.4, 0.5) is 0 Å². The summed E-state index contributed by atoms with van der Waals surface area (Å²) in [4.78, 5) is 11.7. The lowest BCUT2D eigenvalue weighted by molar-refractivity contribution is -0.122. The first-order valence-corrected chi connectivity index (χ1v) is 9.68. The SMILES string of the molecule is COc1ccc(OCC(=O)NCCS(=O)(=O)NCc2ccccc2)cc1. The molecule has 0 radical (unpaired) electrons. The van der Waals surface area contributed by atoms with Gasteiger partial charge in [0.25, 0.3) is 5.91 Å². The molecule has 0 aliphatic rings. The summed E-state index contributed by atoms with van der Waals surface area (Å²) in [6.07, 6.45) is 0. The molecule has 0 saturated heterocycles. The lowest BCUT2D eigenvalue weighted by atomic mass is 10.2. The fraction of sp³-hybridized carbons (Fsp3) is 0.278. The maximum atomic E-state index is 11.9. The third-order valence-electron chi connectivity index (χ3n) is 3.46. The molecule has 7 nitrogen and oxygen atoms in total. The van der Waals surface area contributed by atoms with Gasteiger partial charge in [0.1, 0.15) is 11.5 Å². The number of hydrogen-bond donors (Lipinski definition) is 2. The molecule has 2 aromatic carbocycles. The molecule has 2 N–H and O–H groups in total. The number of carbonyl (C=O) groups is 1. The molecule has 0 saturated carbocycles. The number of ether oxygens (including phenoxy) is 2. The van der Waals surface area contributed by atoms with E-state index in [0.717, 1.165) is 5.56 Å². The molecule has 140 valence electrons. The Labute approximate surface area is 153 Å². The third-order valence-corrected chi connectivity index (χ3v) is 4.79. The molecule has 0 fully saturated rings. The summed E-state index contributed by atoms with van der Waals surface area (Å²) in [5.74, 6) is 0.626. The van der Waals surface area contributed by atoms with E-state index in [2.05, 4.69) is 10.0 Å². The van der Waals surface area contributed by atoms with Gasteiger partial charge in [-0.15, -0.1) is 0 Å². The number of rotatable bonds is 10. The van der Waals surface area contributed by atoms with Crippen molar-refractivity contribution in [2.45, 2.75) is 6.54 Å². The van der Waals surface area contributed by atoms with Crippen LogP contribution in [0.2, 0.25) is 0 Å². The Hall–Kier alpha value is -2.58. The van der Waals surface area contributed by atoms with Gasteiger partial charge in [-0.05, 0) is 29.8 Å². The predicted octanol–water partition coefficient (Wildman–Crippen LogP) is 1.31. The average molecular weight is 378 g/mol. The van der Waals surface area contributed by atoms with Gasteiger partial charge in [-0.2, -0.15) is 0 Å². The Morgan fingerprint density at radius 3 is 2.31 bits per heavy atom. The highest BCUT2D eigenvalue weighted by atomic mass is 32.2. The second-order valence-electron chi connectivity index (χ2n) is 5.44. The highest BCUT2D eigenvalue weighted by molar-refractivity contribution is 7.89. The molecule has 0 spiro atoms. The van der Waals surface area contributed by atoms with Gasteiger partial charge >= 0.3 is 0 Å². The minimum Gasteiger partial charge on any atom is -0.497 e. The van der Waals surface area contributed by atoms with Crippen LogP contribution in [0.3, 0.4) is 0 Å². The van der Waals surface area contributed by atoms with Crippen LogP contribution in [-0.4, -0.2) is 40.3 Å². The number of nitrogens with one attached hydrogen (secondary N) is 2. The van der Waals surface area contributed by atoms with E-state index in [1.165, 1.54) is 0 Å². The molecule has 2 rings (SSSR count). The molecular formula is C18H22N2O5S. The van der Waals surface area contributed by atoms with Gasteiger partial charge in [-0.25, -0.2) is 13.1 Å². The van der Waals surface area contributed by atoms with Crippen molar-refractivity contribution >= 4 is 15.9 Å². The summed E-state index contributed by atoms with van der Waals surface area (Å²) in [6, 6.07) is 16.0. The predicted molar refractivity (Wildman–Crippen MR) is 98.6 cm³/mol. The standard InChI is InChI=1S/C18H22N2O5S/c1-24-16-7-9-17(10-8-16)25-14-18(21)19-11-12-26(22,23)20-13-15-5-3-2-4-6-15/h2-10,20H,11-14H2,1H3,(H,19,21). The van der Waals surface area contributed by atoms with E-state index in [1.54, 1.807) is 31.4 Å². The molecule has 0 aliphatic heterocycles. The Kier molecular flexibility index (Phi) is 7.43. The molecule has 1 amide bonds. The molecule has 0 aromatic heterocycles. The first-order chi connectivity index (χ1) is 12.5. The van der Waals surface area contributed by atoms with E-state index in [4.69, 9.17) is 9.47 Å². The lowest BCUT2D eigenvalue weighted by Crippen LogP contribution is -2.36. The fourth-order valence-corrected chi connectivity index (χ4v) is 2.96. The van der Waals surface area contributed by atoms with Crippen molar-refractivity contribution in [1.29, 1.82) is 0 Å². The summed E-state index contributed by atoms with van der Waals surface area (Å²) in [7, 11) is -1.91. The highest BCUT2D eigenvalue weighted by Crippen LogP contribution is 2.16. The Balaban J connectivity index is 1.66. The maximum Gasteiger partial charge on any atom is 0.257 e. The first kappa shape index (κ1) is 19.7. The van der Waals surface area contributed by atoms with Crippen LogP contribution in [-0.2, 0) is 21.4 Å². The van der Waals surface area contributed by atoms with Gasteiger partial charge in [0.05, 0.1) is 12.9 Å². The molecule has 0 aliphatic carbocycles. The minimum absolute atomic E-state index is 0.00886. The zero-order valence-electron chi connectivity index (χ0n) is 14.5. The van der Waals surface area contributed by atoms with E-state index < -0.39 is 10.0 Å². The summed E-state index contributed by atoms with van der Waals surface area (Å²) in [6.45, 7) is 0.0381. The third kappa shape index (κ3) is 7.12. The number of carbonyl (C=O) groups excluding carboxylic acids is 1. The van der Waals surface area contributed by atoms with Crippen molar-refractivity contribution in [2.75, 3.05) is 26.0 Å². The number of benzene rings is 2. The van der Waals surface area contributed by atoms with E-state index in [1.807, 2.05) is 30.3 Å². The van der Waals surface area contributed by atoms with Crippen molar-refractivity contribution in [3.8, 4) is 11.5 Å². The van der Waals surface area contributed by atoms with Crippen LogP contribution in [0.5, 0.6) is 11.5 Å². The Bertz CT molecular complexity index is 792. The van der Waals surface area contributed by atoms with Gasteiger partial charge in [0, 0.05) is 13.1 Å². The van der Waals surface area contributed by atoms with E-state index >= 15 is 0 Å². The summed E-state index contributed by atoms with van der Waals surface area (Å²) in [5, 5.41) is 2.52. The van der Waals surface area contributed by atoms with Crippen molar-refractivity contribution in [3.63, 3.8) is 0 Å². The zero-order valence-corrected chi connectivity index (χ0v) is 15.3. The highest BCUT2D eigenvalue weighted by Gasteiger charge is 2.11. The fourth-order valence-electron chi connectivity index (χ4n) is 2.06. The van der Waals surface area contributed by atoms with Crippen molar-refractivity contribution < 1.29 is 22.7 Å². The monoisotopic (exact) mass is 378 g/mol. The summed E-state index contributed by atoms with van der Waals surface area (Å²) < 4.78 is 36.7. The molecule has 26 heavy (non-hydrogen) atoms. The van der Waals surface area contributed by atoms with E-state index in [-0.39, 0.29) is 31.4 Å². The minimum atomic E-state index is -3.47. The first-order valence-electron chi connectivity index (χ1n) is 8.03. The summed E-state index contributed by atoms with van der Waals surface area (Å²) >= 11 is 0. The summed E-state index contributed by atoms with van der Waals surface area (Å²) in [5.41, 5.74) is 0.869. The van der Waals surface area contributed by atoms with E-state index in [0.29, 0.717) is 11.5 Å². The zero-order chi connectivity index (χ0) is 18.8. The quantitative estimate of drug-likeness (QED) is 0.650. The second kappa shape index (κ2) is 9.79. The maximum absolute atomic E-state index is 11.9. The van der Waals surface area contributed by atoms with Crippen LogP contribution >= 0.6 is 0 Å². The van der Waals surface area contributed by atoms with Crippen molar-refractivity contribution in [2.24, 2.45) is 0 Å². The normalized spacial score (nSPS) is 11.0. The van der Waals surface area contributed by atoms with Crippen LogP contribution in [0, 0.1) is 0 Å². The molecule has 8 heteroatoms. The Morgan fingerprint density at radius 2 is 1.65 bits per heavy atom. The topological polar surface area (TPSA) is 93.7 Å². The van der Waals surface area contributed by atoms with E-state index in [9.17, 15) is 13.2 Å². The molecule has 2 aromatic rings. The Morgan fingerprint density at radius 1 is 1.00 bits per heavy atom. The lowest BCUT2D eigenvalue weighted by Gasteiger charge is -2.09. The molecule has 0 unspecified atom stereocenters. The van der Waals surface area contributed by atoms with Crippen LogP contribution in [0.1, 0.15) is 5.56 Å². The smallest absolute Gasteiger partial charge is 0.257 e. The average Bonchev–Trinajstić information content (AvgIpc) is 2.66. The van der Waals surface area contributed by atoms with Gasteiger partial charge in [-0.3, -0.25) is 4.79 Å². The molecular weight excluding hydrogens is 356 g/mol. The largest absolute Gasteiger partial charge is 0.497 e. The van der Waals surface area contributed by atoms with Crippen LogP contribution < -0.4 is 19.5 Å². The molecule has 0 heterocycles. The number of sulfonamides is 1. The molecule has 0 bridgehead atoms. The number of amides is 1. The second-order valence-corrected chi connectivity index (χ2v) is 7.37. The number of methoxy groups -OCH3 is 1. The number of hydrogen-bond acceptors (Lipinski definition) is 5. The van der Waals surface area contributed by atoms with Crippen LogP contribution in [0.25, 0.3) is 0 Å². The van der Waals surface area contributed by atoms with Gasteiger partial charge < -0.3 is 14.8 Å². The van der Waals surface area contributed by atoms with Gasteiger partial charge in [0.2, 0.25) is 10.0 Å². The van der Waals surface area contributed by atoms with Gasteiger partial charge in [-0.1, -0.05) is 30.3 Å². The molecule has 0 atom stereocenters. The van der Waals surface area contributed by atoms with Crippen molar-refractivity contribution in [1.82, 2.24) is 10.0 Å². The van der Waals surface area contributed by atoms with Crippen molar-refractivity contribution in [3.05, 3.63) is 60.2 Å². The van der Waals surface area contributed by atoms with Gasteiger partial charge in [0.15, 0.2) is 6.61 Å².